The van der Waals surface area contributed by atoms with Gasteiger partial charge in [-0.2, -0.15) is 0 Å². The Kier molecular flexibility index (Phi) is 3.06. The van der Waals surface area contributed by atoms with Gasteiger partial charge in [-0.05, 0) is 23.8 Å². The second-order valence-corrected chi connectivity index (χ2v) is 4.01. The van der Waals surface area contributed by atoms with E-state index in [-0.39, 0.29) is 0 Å². The second kappa shape index (κ2) is 4.49. The van der Waals surface area contributed by atoms with Crippen molar-refractivity contribution in [3.8, 4) is 0 Å². The smallest absolute Gasteiger partial charge is 0.169 e. The van der Waals surface area contributed by atoms with Gasteiger partial charge < -0.3 is 15.2 Å². The van der Waals surface area contributed by atoms with Gasteiger partial charge in [0, 0.05) is 37.9 Å². The summed E-state index contributed by atoms with van der Waals surface area (Å²) in [5.41, 5.74) is 2.70. The summed E-state index contributed by atoms with van der Waals surface area (Å²) in [5.74, 6) is 0. The van der Waals surface area contributed by atoms with E-state index in [4.69, 9.17) is 12.2 Å². The predicted octanol–water partition coefficient (Wildman–Crippen LogP) is 1.43. The molecular weight excluding hydrogens is 206 g/mol. The molecule has 80 valence electrons. The van der Waals surface area contributed by atoms with Crippen molar-refractivity contribution in [2.75, 3.05) is 13.1 Å². The average Bonchev–Trinajstić information content (AvgIpc) is 2.72. The molecule has 4 heteroatoms. The Labute approximate surface area is 95.2 Å². The highest BCUT2D eigenvalue weighted by Crippen LogP contribution is 2.16. The van der Waals surface area contributed by atoms with Gasteiger partial charge in [0.25, 0.3) is 0 Å². The van der Waals surface area contributed by atoms with E-state index in [0.29, 0.717) is 0 Å². The van der Waals surface area contributed by atoms with E-state index in [0.717, 1.165) is 31.2 Å². The Hall–Kier alpha value is -1.29. The van der Waals surface area contributed by atoms with E-state index < -0.39 is 0 Å². The molecule has 2 rings (SSSR count). The molecule has 2 N–H and O–H groups in total. The molecule has 0 bridgehead atoms. The quantitative estimate of drug-likeness (QED) is 0.585. The van der Waals surface area contributed by atoms with Gasteiger partial charge in [-0.3, -0.25) is 0 Å². The van der Waals surface area contributed by atoms with Gasteiger partial charge in [0.05, 0.1) is 0 Å². The van der Waals surface area contributed by atoms with Crippen LogP contribution in [0.25, 0.3) is 0 Å². The van der Waals surface area contributed by atoms with Gasteiger partial charge in [0.15, 0.2) is 5.11 Å². The first-order chi connectivity index (χ1) is 7.31. The minimum absolute atomic E-state index is 0.731. The molecule has 0 atom stereocenters. The molecule has 0 fully saturated rings. The molecule has 0 aliphatic carbocycles. The molecule has 15 heavy (non-hydrogen) atoms. The maximum Gasteiger partial charge on any atom is 0.169 e. The highest BCUT2D eigenvalue weighted by atomic mass is 32.1. The summed E-state index contributed by atoms with van der Waals surface area (Å²) in [6.45, 7) is 6.28. The number of fused-ring (bicyclic) bond motifs is 1. The first-order valence-electron chi connectivity index (χ1n) is 5.10. The van der Waals surface area contributed by atoms with Crippen molar-refractivity contribution in [3.63, 3.8) is 0 Å². The molecule has 0 spiro atoms. The van der Waals surface area contributed by atoms with E-state index in [1.807, 2.05) is 12.3 Å². The number of H-pyrrole nitrogens is 1. The Morgan fingerprint density at radius 1 is 1.73 bits per heavy atom. The third-order valence-corrected chi connectivity index (χ3v) is 3.01. The van der Waals surface area contributed by atoms with Crippen molar-refractivity contribution in [3.05, 3.63) is 36.2 Å². The van der Waals surface area contributed by atoms with Gasteiger partial charge >= 0.3 is 0 Å². The molecule has 0 amide bonds. The number of hydrogen-bond donors (Lipinski definition) is 2. The van der Waals surface area contributed by atoms with Crippen molar-refractivity contribution in [1.29, 1.82) is 0 Å². The lowest BCUT2D eigenvalue weighted by molar-refractivity contribution is 0.387. The van der Waals surface area contributed by atoms with Crippen LogP contribution in [0.3, 0.4) is 0 Å². The molecular formula is C11H15N3S. The fourth-order valence-corrected chi connectivity index (χ4v) is 2.03. The van der Waals surface area contributed by atoms with Gasteiger partial charge in [0.2, 0.25) is 0 Å². The normalized spacial score (nSPS) is 14.5. The third-order valence-electron chi connectivity index (χ3n) is 2.61. The topological polar surface area (TPSA) is 31.1 Å². The van der Waals surface area contributed by atoms with E-state index in [1.165, 1.54) is 11.3 Å². The van der Waals surface area contributed by atoms with E-state index in [9.17, 15) is 0 Å². The van der Waals surface area contributed by atoms with Gasteiger partial charge in [0.1, 0.15) is 0 Å². The fourth-order valence-electron chi connectivity index (χ4n) is 1.79. The van der Waals surface area contributed by atoms with Crippen molar-refractivity contribution >= 4 is 17.3 Å². The Bertz CT molecular complexity index is 370. The molecule has 0 saturated heterocycles. The van der Waals surface area contributed by atoms with Crippen LogP contribution in [0.5, 0.6) is 0 Å². The molecule has 0 aromatic carbocycles. The maximum atomic E-state index is 5.30. The SMILES string of the molecule is C=CCNC(=S)N1CCc2[nH]ccc2C1. The van der Waals surface area contributed by atoms with Crippen molar-refractivity contribution in [1.82, 2.24) is 15.2 Å². The van der Waals surface area contributed by atoms with Gasteiger partial charge in [-0.15, -0.1) is 6.58 Å². The van der Waals surface area contributed by atoms with Crippen molar-refractivity contribution in [2.24, 2.45) is 0 Å². The molecule has 2 heterocycles. The largest absolute Gasteiger partial charge is 0.365 e. The number of rotatable bonds is 2. The zero-order chi connectivity index (χ0) is 10.7. The Balaban J connectivity index is 1.97. The lowest BCUT2D eigenvalue weighted by Gasteiger charge is -2.29. The Morgan fingerprint density at radius 3 is 3.40 bits per heavy atom. The van der Waals surface area contributed by atoms with E-state index in [1.54, 1.807) is 0 Å². The highest BCUT2D eigenvalue weighted by molar-refractivity contribution is 7.80. The summed E-state index contributed by atoms with van der Waals surface area (Å²) in [7, 11) is 0. The molecule has 0 unspecified atom stereocenters. The standard InChI is InChI=1S/C11H15N3S/c1-2-5-13-11(15)14-7-4-10-9(8-14)3-6-12-10/h2-3,6,12H,1,4-5,7-8H2,(H,13,15). The summed E-state index contributed by atoms with van der Waals surface area (Å²) in [6, 6.07) is 2.12. The van der Waals surface area contributed by atoms with Gasteiger partial charge in [-0.25, -0.2) is 0 Å². The number of nitrogens with zero attached hydrogens (tertiary/aromatic N) is 1. The second-order valence-electron chi connectivity index (χ2n) is 3.63. The number of thiocarbonyl (C=S) groups is 1. The summed E-state index contributed by atoms with van der Waals surface area (Å²) < 4.78 is 0. The molecule has 1 aromatic rings. The molecule has 1 aliphatic rings. The molecule has 3 nitrogen and oxygen atoms in total. The van der Waals surface area contributed by atoms with Crippen LogP contribution in [0.15, 0.2) is 24.9 Å². The average molecular weight is 221 g/mol. The summed E-state index contributed by atoms with van der Waals surface area (Å²) >= 11 is 5.30. The zero-order valence-electron chi connectivity index (χ0n) is 8.62. The minimum Gasteiger partial charge on any atom is -0.365 e. The van der Waals surface area contributed by atoms with E-state index >= 15 is 0 Å². The minimum atomic E-state index is 0.731. The summed E-state index contributed by atoms with van der Waals surface area (Å²) in [4.78, 5) is 5.44. The van der Waals surface area contributed by atoms with Crippen LogP contribution in [0, 0.1) is 0 Å². The van der Waals surface area contributed by atoms with Crippen LogP contribution in [-0.4, -0.2) is 28.1 Å². The monoisotopic (exact) mass is 221 g/mol. The molecule has 0 radical (unpaired) electrons. The number of nitrogens with one attached hydrogen (secondary N) is 2. The maximum absolute atomic E-state index is 5.30. The fraction of sp³-hybridized carbons (Fsp3) is 0.364. The highest BCUT2D eigenvalue weighted by Gasteiger charge is 2.18. The molecule has 1 aromatic heterocycles. The van der Waals surface area contributed by atoms with Crippen LogP contribution in [0.1, 0.15) is 11.3 Å². The van der Waals surface area contributed by atoms with Crippen LogP contribution in [-0.2, 0) is 13.0 Å². The number of aromatic amines is 1. The summed E-state index contributed by atoms with van der Waals surface area (Å²) in [5, 5.41) is 3.98. The van der Waals surface area contributed by atoms with E-state index in [2.05, 4.69) is 27.8 Å². The summed E-state index contributed by atoms with van der Waals surface area (Å²) in [6.07, 6.45) is 4.85. The lowest BCUT2D eigenvalue weighted by Crippen LogP contribution is -2.42. The number of aromatic nitrogens is 1. The Morgan fingerprint density at radius 2 is 2.60 bits per heavy atom. The third kappa shape index (κ3) is 2.21. The van der Waals surface area contributed by atoms with Crippen LogP contribution >= 0.6 is 12.2 Å². The van der Waals surface area contributed by atoms with Crippen LogP contribution < -0.4 is 5.32 Å². The van der Waals surface area contributed by atoms with Crippen molar-refractivity contribution < 1.29 is 0 Å². The van der Waals surface area contributed by atoms with Crippen molar-refractivity contribution in [2.45, 2.75) is 13.0 Å². The van der Waals surface area contributed by atoms with Crippen LogP contribution in [0.4, 0.5) is 0 Å². The first kappa shape index (κ1) is 10.2. The lowest BCUT2D eigenvalue weighted by atomic mass is 10.1. The molecule has 1 aliphatic heterocycles. The number of hydrogen-bond acceptors (Lipinski definition) is 1. The zero-order valence-corrected chi connectivity index (χ0v) is 9.44. The first-order valence-corrected chi connectivity index (χ1v) is 5.51. The van der Waals surface area contributed by atoms with Gasteiger partial charge in [-0.1, -0.05) is 6.08 Å². The van der Waals surface area contributed by atoms with Crippen LogP contribution in [0.2, 0.25) is 0 Å². The molecule has 0 saturated carbocycles. The predicted molar refractivity (Wildman–Crippen MR) is 65.7 cm³/mol.